The van der Waals surface area contributed by atoms with Crippen LogP contribution in [-0.2, 0) is 36.5 Å². The van der Waals surface area contributed by atoms with Crippen LogP contribution in [0.15, 0.2) is 24.3 Å². The largest absolute Gasteiger partial charge is 0.444 e. The molecular formula is C31H44F3N5O8. The molecule has 2 saturated heterocycles. The highest BCUT2D eigenvalue weighted by molar-refractivity contribution is 5.98. The average Bonchev–Trinajstić information content (AvgIpc) is 3.60. The molecule has 0 aliphatic carbocycles. The van der Waals surface area contributed by atoms with E-state index >= 15 is 0 Å². The lowest BCUT2D eigenvalue weighted by Crippen LogP contribution is -2.65. The summed E-state index contributed by atoms with van der Waals surface area (Å²) in [5, 5.41) is 25.3. The van der Waals surface area contributed by atoms with E-state index in [-0.39, 0.29) is 37.9 Å². The summed E-state index contributed by atoms with van der Waals surface area (Å²) in [6.45, 7) is 7.54. The number of hydrogen-bond donors (Lipinski definition) is 5. The second-order valence-corrected chi connectivity index (χ2v) is 13.1. The van der Waals surface area contributed by atoms with Gasteiger partial charge in [-0.2, -0.15) is 13.2 Å². The fourth-order valence-corrected chi connectivity index (χ4v) is 6.02. The van der Waals surface area contributed by atoms with Crippen LogP contribution in [-0.4, -0.2) is 104 Å². The number of nitrogens with two attached hydrogens (primary N) is 1. The topological polar surface area (TPSA) is 192 Å². The molecule has 13 nitrogen and oxygen atoms in total. The first kappa shape index (κ1) is 37.5. The fraction of sp³-hybridized carbons (Fsp3) is 0.645. The van der Waals surface area contributed by atoms with Crippen LogP contribution >= 0.6 is 0 Å². The van der Waals surface area contributed by atoms with E-state index < -0.39 is 82.9 Å². The summed E-state index contributed by atoms with van der Waals surface area (Å²) in [5.74, 6) is -3.27. The molecule has 3 rings (SSSR count). The van der Waals surface area contributed by atoms with Crippen LogP contribution in [0.4, 0.5) is 18.0 Å². The highest BCUT2D eigenvalue weighted by Crippen LogP contribution is 2.37. The van der Waals surface area contributed by atoms with Crippen molar-refractivity contribution in [1.29, 1.82) is 0 Å². The van der Waals surface area contributed by atoms with Crippen LogP contribution in [0.1, 0.15) is 71.4 Å². The molecule has 2 fully saturated rings. The molecular weight excluding hydrogens is 627 g/mol. The van der Waals surface area contributed by atoms with E-state index in [4.69, 9.17) is 10.5 Å². The van der Waals surface area contributed by atoms with Crippen molar-refractivity contribution in [2.45, 2.75) is 114 Å². The normalized spacial score (nSPS) is 22.6. The van der Waals surface area contributed by atoms with Crippen LogP contribution in [0.5, 0.6) is 0 Å². The summed E-state index contributed by atoms with van der Waals surface area (Å²) < 4.78 is 45.0. The minimum absolute atomic E-state index is 0.0390. The third-order valence-electron chi connectivity index (χ3n) is 8.27. The molecule has 6 atom stereocenters. The lowest BCUT2D eigenvalue weighted by molar-refractivity contribution is -0.153. The van der Waals surface area contributed by atoms with Crippen molar-refractivity contribution in [3.05, 3.63) is 35.4 Å². The van der Waals surface area contributed by atoms with Gasteiger partial charge in [-0.15, -0.1) is 0 Å². The zero-order valence-electron chi connectivity index (χ0n) is 27.1. The van der Waals surface area contributed by atoms with E-state index in [0.29, 0.717) is 12.8 Å². The Labute approximate surface area is 271 Å². The Morgan fingerprint density at radius 2 is 1.57 bits per heavy atom. The molecule has 6 N–H and O–H groups in total. The summed E-state index contributed by atoms with van der Waals surface area (Å²) in [4.78, 5) is 69.0. The predicted molar refractivity (Wildman–Crippen MR) is 161 cm³/mol. The van der Waals surface area contributed by atoms with E-state index in [1.54, 1.807) is 20.8 Å². The number of benzene rings is 1. The molecule has 0 spiro atoms. The Morgan fingerprint density at radius 3 is 2.09 bits per heavy atom. The summed E-state index contributed by atoms with van der Waals surface area (Å²) in [7, 11) is 0. The van der Waals surface area contributed by atoms with Crippen LogP contribution in [0, 0.1) is 0 Å². The van der Waals surface area contributed by atoms with Gasteiger partial charge in [0.1, 0.15) is 29.3 Å². The number of primary amides is 1. The van der Waals surface area contributed by atoms with Gasteiger partial charge in [-0.25, -0.2) is 4.79 Å². The number of amides is 5. The number of nitrogens with zero attached hydrogens (tertiary/aromatic N) is 2. The maximum atomic E-state index is 14.3. The van der Waals surface area contributed by atoms with Gasteiger partial charge in [0.2, 0.25) is 23.6 Å². The fourth-order valence-electron chi connectivity index (χ4n) is 6.02. The molecule has 1 unspecified atom stereocenters. The van der Waals surface area contributed by atoms with Crippen molar-refractivity contribution in [3.63, 3.8) is 0 Å². The van der Waals surface area contributed by atoms with Gasteiger partial charge in [-0.05, 0) is 78.0 Å². The Bertz CT molecular complexity index is 1330. The standard InChI is InChI=1S/C31H44F3N5O8/c1-17(40)22(24(35)42)36-27(45)30(16-19-9-11-20(12-10-19)31(32,33)34)13-7-15-39(30)25(43)21-8-6-14-38(21)26(44)23(18(2)41)37-28(46)47-29(3,4)5/h9-12,17-18,21-23,40-41H,6-8,13-16H2,1-5H3,(H2,35,42)(H,36,45)(H,37,46)/t17-,18-,21+,22?,23+,30-/m1/s1. The molecule has 1 aromatic rings. The summed E-state index contributed by atoms with van der Waals surface area (Å²) in [6.07, 6.45) is -7.64. The SMILES string of the molecule is C[C@@H](O)C(NC(=O)[C@]1(Cc2ccc(C(F)(F)F)cc2)CCCN1C(=O)[C@@H]1CCCN1C(=O)[C@@H](NC(=O)OC(C)(C)C)[C@@H](C)O)C(N)=O. The van der Waals surface area contributed by atoms with Crippen LogP contribution in [0.2, 0.25) is 0 Å². The first-order valence-corrected chi connectivity index (χ1v) is 15.4. The molecule has 0 aromatic heterocycles. The number of carbonyl (C=O) groups is 5. The number of likely N-dealkylation sites (tertiary alicyclic amines) is 2. The Kier molecular flexibility index (Phi) is 11.5. The van der Waals surface area contributed by atoms with E-state index in [9.17, 15) is 47.4 Å². The van der Waals surface area contributed by atoms with Gasteiger partial charge in [-0.1, -0.05) is 12.1 Å². The van der Waals surface area contributed by atoms with Crippen molar-refractivity contribution in [2.75, 3.05) is 13.1 Å². The van der Waals surface area contributed by atoms with Crippen LogP contribution in [0.25, 0.3) is 0 Å². The highest BCUT2D eigenvalue weighted by atomic mass is 19.4. The molecule has 1 aromatic carbocycles. The van der Waals surface area contributed by atoms with Crippen molar-refractivity contribution < 1.29 is 52.1 Å². The molecule has 262 valence electrons. The second-order valence-electron chi connectivity index (χ2n) is 13.1. The number of aliphatic hydroxyl groups excluding tert-OH is 2. The molecule has 2 aliphatic heterocycles. The van der Waals surface area contributed by atoms with E-state index in [2.05, 4.69) is 10.6 Å². The third-order valence-corrected chi connectivity index (χ3v) is 8.27. The predicted octanol–water partition coefficient (Wildman–Crippen LogP) is 1.23. The minimum Gasteiger partial charge on any atom is -0.444 e. The number of alkyl carbamates (subject to hydrolysis) is 1. The number of alkyl halides is 3. The molecule has 0 saturated carbocycles. The molecule has 2 aliphatic rings. The third kappa shape index (κ3) is 8.91. The van der Waals surface area contributed by atoms with Crippen molar-refractivity contribution >= 4 is 29.7 Å². The maximum absolute atomic E-state index is 14.3. The van der Waals surface area contributed by atoms with Crippen molar-refractivity contribution in [3.8, 4) is 0 Å². The number of halogens is 3. The molecule has 0 radical (unpaired) electrons. The number of ether oxygens (including phenoxy) is 1. The quantitative estimate of drug-likeness (QED) is 0.245. The minimum atomic E-state index is -4.60. The molecule has 5 amide bonds. The van der Waals surface area contributed by atoms with Gasteiger partial charge in [-0.3, -0.25) is 19.2 Å². The van der Waals surface area contributed by atoms with Gasteiger partial charge < -0.3 is 41.1 Å². The van der Waals surface area contributed by atoms with Gasteiger partial charge in [0, 0.05) is 19.5 Å². The summed E-state index contributed by atoms with van der Waals surface area (Å²) in [6, 6.07) is 0.00925. The van der Waals surface area contributed by atoms with Gasteiger partial charge >= 0.3 is 12.3 Å². The Morgan fingerprint density at radius 1 is 0.979 bits per heavy atom. The Hall–Kier alpha value is -3.92. The number of nitrogens with one attached hydrogen (secondary N) is 2. The smallest absolute Gasteiger partial charge is 0.416 e. The first-order chi connectivity index (χ1) is 21.7. The monoisotopic (exact) mass is 671 g/mol. The maximum Gasteiger partial charge on any atom is 0.416 e. The molecule has 2 heterocycles. The second kappa shape index (κ2) is 14.5. The molecule has 0 bridgehead atoms. The zero-order valence-corrected chi connectivity index (χ0v) is 27.1. The van der Waals surface area contributed by atoms with Crippen LogP contribution < -0.4 is 16.4 Å². The number of rotatable bonds is 10. The summed E-state index contributed by atoms with van der Waals surface area (Å²) >= 11 is 0. The lowest BCUT2D eigenvalue weighted by Gasteiger charge is -2.41. The van der Waals surface area contributed by atoms with E-state index in [1.165, 1.54) is 35.8 Å². The first-order valence-electron chi connectivity index (χ1n) is 15.4. The summed E-state index contributed by atoms with van der Waals surface area (Å²) in [5.41, 5.74) is 2.16. The van der Waals surface area contributed by atoms with Crippen LogP contribution in [0.3, 0.4) is 0 Å². The molecule has 47 heavy (non-hydrogen) atoms. The van der Waals surface area contributed by atoms with E-state index in [0.717, 1.165) is 12.1 Å². The average molecular weight is 672 g/mol. The van der Waals surface area contributed by atoms with Crippen molar-refractivity contribution in [2.24, 2.45) is 5.73 Å². The number of aliphatic hydroxyl groups is 2. The van der Waals surface area contributed by atoms with Crippen molar-refractivity contribution in [1.82, 2.24) is 20.4 Å². The van der Waals surface area contributed by atoms with Gasteiger partial charge in [0.05, 0.1) is 17.8 Å². The highest BCUT2D eigenvalue weighted by Gasteiger charge is 2.53. The zero-order chi connectivity index (χ0) is 35.5. The van der Waals surface area contributed by atoms with Gasteiger partial charge in [0.15, 0.2) is 0 Å². The lowest BCUT2D eigenvalue weighted by atomic mass is 9.85. The number of carbonyl (C=O) groups excluding carboxylic acids is 5. The van der Waals surface area contributed by atoms with E-state index in [1.807, 2.05) is 0 Å². The number of hydrogen-bond acceptors (Lipinski definition) is 8. The Balaban J connectivity index is 1.97. The van der Waals surface area contributed by atoms with Gasteiger partial charge in [0.25, 0.3) is 0 Å². The molecule has 16 heteroatoms.